The monoisotopic (exact) mass is 192 g/mol. The van der Waals surface area contributed by atoms with Gasteiger partial charge in [0.1, 0.15) is 6.10 Å². The van der Waals surface area contributed by atoms with Crippen LogP contribution >= 0.6 is 11.6 Å². The lowest BCUT2D eigenvalue weighted by Gasteiger charge is -1.92. The third-order valence-corrected chi connectivity index (χ3v) is 1.49. The highest BCUT2D eigenvalue weighted by molar-refractivity contribution is 6.21. The van der Waals surface area contributed by atoms with Crippen LogP contribution in [0.15, 0.2) is 12.7 Å². The summed E-state index contributed by atoms with van der Waals surface area (Å²) in [6.07, 6.45) is 2.12. The fourth-order valence-electron chi connectivity index (χ4n) is 0.483. The van der Waals surface area contributed by atoms with Crippen molar-refractivity contribution in [1.29, 1.82) is 0 Å². The number of hydrogen-bond donors (Lipinski definition) is 0. The van der Waals surface area contributed by atoms with Crippen LogP contribution in [0.3, 0.4) is 0 Å². The van der Waals surface area contributed by atoms with Crippen LogP contribution in [-0.4, -0.2) is 38.1 Å². The van der Waals surface area contributed by atoms with Gasteiger partial charge in [-0.25, -0.2) is 0 Å². The highest BCUT2D eigenvalue weighted by Crippen LogP contribution is 2.11. The van der Waals surface area contributed by atoms with Gasteiger partial charge in [-0.3, -0.25) is 0 Å². The summed E-state index contributed by atoms with van der Waals surface area (Å²) in [7, 11) is 0. The van der Waals surface area contributed by atoms with E-state index in [9.17, 15) is 0 Å². The van der Waals surface area contributed by atoms with Gasteiger partial charge in [0.15, 0.2) is 5.56 Å². The maximum absolute atomic E-state index is 5.16. The van der Waals surface area contributed by atoms with Crippen molar-refractivity contribution >= 4 is 11.6 Å². The van der Waals surface area contributed by atoms with Crippen molar-refractivity contribution in [3.63, 3.8) is 0 Å². The lowest BCUT2D eigenvalue weighted by molar-refractivity contribution is 0.141. The minimum absolute atomic E-state index is 0.0556. The van der Waals surface area contributed by atoms with Crippen molar-refractivity contribution in [1.82, 2.24) is 0 Å². The number of halogens is 1. The fourth-order valence-corrected chi connectivity index (χ4v) is 0.556. The first-order chi connectivity index (χ1) is 5.83. The van der Waals surface area contributed by atoms with E-state index in [0.29, 0.717) is 12.7 Å². The van der Waals surface area contributed by atoms with E-state index in [0.717, 1.165) is 19.8 Å². The molecule has 0 amide bonds. The van der Waals surface area contributed by atoms with E-state index in [-0.39, 0.29) is 5.56 Å². The van der Waals surface area contributed by atoms with E-state index >= 15 is 0 Å². The first kappa shape index (κ1) is 9.99. The molecule has 0 aromatic rings. The van der Waals surface area contributed by atoms with Gasteiger partial charge in [-0.1, -0.05) is 17.7 Å². The third kappa shape index (κ3) is 6.61. The Morgan fingerprint density at radius 1 is 1.50 bits per heavy atom. The highest BCUT2D eigenvalue weighted by atomic mass is 35.5. The number of rotatable bonds is 4. The van der Waals surface area contributed by atoms with E-state index in [4.69, 9.17) is 21.1 Å². The van der Waals surface area contributed by atoms with E-state index in [1.54, 1.807) is 6.08 Å². The normalized spacial score (nSPS) is 30.1. The first-order valence-corrected chi connectivity index (χ1v) is 4.32. The zero-order chi connectivity index (χ0) is 8.81. The van der Waals surface area contributed by atoms with E-state index in [1.165, 1.54) is 0 Å². The molecule has 12 heavy (non-hydrogen) atoms. The predicted octanol–water partition coefficient (Wildman–Crippen LogP) is 1.17. The van der Waals surface area contributed by atoms with Gasteiger partial charge < -0.3 is 14.2 Å². The second kappa shape index (κ2) is 5.54. The Labute approximate surface area is 77.2 Å². The summed E-state index contributed by atoms with van der Waals surface area (Å²) in [4.78, 5) is 0. The summed E-state index contributed by atoms with van der Waals surface area (Å²) in [6.45, 7) is 6.50. The zero-order valence-electron chi connectivity index (χ0n) is 6.87. The molecule has 2 aliphatic rings. The molecule has 2 fully saturated rings. The molecule has 4 heteroatoms. The minimum atomic E-state index is 0.0556. The Balaban J connectivity index is 0.000000150. The van der Waals surface area contributed by atoms with Crippen LogP contribution in [0.5, 0.6) is 0 Å². The second-order valence-corrected chi connectivity index (χ2v) is 3.01. The van der Waals surface area contributed by atoms with Gasteiger partial charge >= 0.3 is 0 Å². The van der Waals surface area contributed by atoms with Crippen molar-refractivity contribution in [3.05, 3.63) is 12.7 Å². The average Bonchev–Trinajstić information content (AvgIpc) is 2.88. The fraction of sp³-hybridized carbons (Fsp3) is 0.750. The summed E-state index contributed by atoms with van der Waals surface area (Å²) in [5.74, 6) is 0. The lowest BCUT2D eigenvalue weighted by atomic mass is 10.5. The van der Waals surface area contributed by atoms with Crippen LogP contribution < -0.4 is 0 Å². The summed E-state index contributed by atoms with van der Waals surface area (Å²) in [5.41, 5.74) is 0.0556. The minimum Gasteiger partial charge on any atom is -0.375 e. The molecule has 2 saturated heterocycles. The van der Waals surface area contributed by atoms with Gasteiger partial charge in [-0.15, -0.1) is 6.58 Å². The van der Waals surface area contributed by atoms with Gasteiger partial charge in [0.25, 0.3) is 0 Å². The maximum atomic E-state index is 5.16. The Kier molecular flexibility index (Phi) is 4.61. The molecule has 0 spiro atoms. The van der Waals surface area contributed by atoms with Gasteiger partial charge in [-0.05, 0) is 0 Å². The van der Waals surface area contributed by atoms with Gasteiger partial charge in [-0.2, -0.15) is 0 Å². The van der Waals surface area contributed by atoms with E-state index in [1.807, 2.05) is 0 Å². The SMILES string of the molecule is C=CCOCC1CO1.ClC1CO1. The van der Waals surface area contributed by atoms with Crippen LogP contribution in [0.4, 0.5) is 0 Å². The molecule has 0 N–H and O–H groups in total. The summed E-state index contributed by atoms with van der Waals surface area (Å²) < 4.78 is 14.4. The number of epoxide rings is 2. The Hall–Kier alpha value is -0.0900. The molecule has 0 aromatic heterocycles. The average molecular weight is 193 g/mol. The molecule has 70 valence electrons. The summed E-state index contributed by atoms with van der Waals surface area (Å²) in [5, 5.41) is 0. The Morgan fingerprint density at radius 2 is 2.08 bits per heavy atom. The second-order valence-electron chi connectivity index (χ2n) is 2.52. The highest BCUT2D eigenvalue weighted by Gasteiger charge is 2.21. The molecule has 0 aliphatic carbocycles. The largest absolute Gasteiger partial charge is 0.375 e. The maximum Gasteiger partial charge on any atom is 0.154 e. The number of alkyl halides is 1. The quantitative estimate of drug-likeness (QED) is 0.290. The van der Waals surface area contributed by atoms with E-state index in [2.05, 4.69) is 11.3 Å². The van der Waals surface area contributed by atoms with Crippen molar-refractivity contribution < 1.29 is 14.2 Å². The van der Waals surface area contributed by atoms with Crippen LogP contribution in [0, 0.1) is 0 Å². The zero-order valence-corrected chi connectivity index (χ0v) is 7.63. The van der Waals surface area contributed by atoms with Gasteiger partial charge in [0.2, 0.25) is 0 Å². The van der Waals surface area contributed by atoms with Crippen molar-refractivity contribution in [2.75, 3.05) is 26.4 Å². The number of hydrogen-bond acceptors (Lipinski definition) is 3. The van der Waals surface area contributed by atoms with Crippen LogP contribution in [0.25, 0.3) is 0 Å². The molecule has 0 bridgehead atoms. The molecule has 0 saturated carbocycles. The van der Waals surface area contributed by atoms with Gasteiger partial charge in [0, 0.05) is 0 Å². The first-order valence-electron chi connectivity index (χ1n) is 3.89. The smallest absolute Gasteiger partial charge is 0.154 e. The Morgan fingerprint density at radius 3 is 2.42 bits per heavy atom. The van der Waals surface area contributed by atoms with Crippen molar-refractivity contribution in [2.24, 2.45) is 0 Å². The molecule has 0 radical (unpaired) electrons. The molecule has 2 unspecified atom stereocenters. The van der Waals surface area contributed by atoms with Crippen molar-refractivity contribution in [2.45, 2.75) is 11.7 Å². The molecule has 3 nitrogen and oxygen atoms in total. The Bertz CT molecular complexity index is 132. The number of ether oxygens (including phenoxy) is 3. The van der Waals surface area contributed by atoms with Crippen molar-refractivity contribution in [3.8, 4) is 0 Å². The predicted molar refractivity (Wildman–Crippen MR) is 46.3 cm³/mol. The third-order valence-electron chi connectivity index (χ3n) is 1.23. The molecule has 2 rings (SSSR count). The molecule has 2 aliphatic heterocycles. The molecular weight excluding hydrogens is 180 g/mol. The molecular formula is C8H13ClO3. The van der Waals surface area contributed by atoms with Crippen LogP contribution in [-0.2, 0) is 14.2 Å². The molecule has 0 aromatic carbocycles. The molecule has 2 atom stereocenters. The van der Waals surface area contributed by atoms with E-state index < -0.39 is 0 Å². The lowest BCUT2D eigenvalue weighted by Crippen LogP contribution is -2.00. The van der Waals surface area contributed by atoms with Crippen LogP contribution in [0.1, 0.15) is 0 Å². The summed E-state index contributed by atoms with van der Waals surface area (Å²) >= 11 is 5.16. The molecule has 2 heterocycles. The standard InChI is InChI=1S/C6H10O2.C2H3ClO/c1-2-3-7-4-6-5-8-6;3-2-1-4-2/h2,6H,1,3-5H2;2H,1H2. The summed E-state index contributed by atoms with van der Waals surface area (Å²) in [6, 6.07) is 0. The van der Waals surface area contributed by atoms with Crippen LogP contribution in [0.2, 0.25) is 0 Å². The van der Waals surface area contributed by atoms with Gasteiger partial charge in [0.05, 0.1) is 26.4 Å². The topological polar surface area (TPSA) is 34.3 Å².